The van der Waals surface area contributed by atoms with E-state index in [4.69, 9.17) is 9.47 Å². The van der Waals surface area contributed by atoms with Gasteiger partial charge in [0, 0.05) is 17.8 Å². The second-order valence-corrected chi connectivity index (χ2v) is 7.12. The molecule has 3 aromatic carbocycles. The monoisotopic (exact) mass is 443 g/mol. The molecule has 33 heavy (non-hydrogen) atoms. The van der Waals surface area contributed by atoms with Crippen molar-refractivity contribution < 1.29 is 19.2 Å². The van der Waals surface area contributed by atoms with Gasteiger partial charge in [0.15, 0.2) is 11.5 Å². The molecule has 0 saturated carbocycles. The van der Waals surface area contributed by atoms with Crippen LogP contribution in [0.5, 0.6) is 11.5 Å². The van der Waals surface area contributed by atoms with Gasteiger partial charge in [-0.25, -0.2) is 0 Å². The fraction of sp³-hybridized carbons (Fsp3) is 0.120. The van der Waals surface area contributed by atoms with Crippen LogP contribution in [0.1, 0.15) is 16.7 Å². The number of methoxy groups -OCH3 is 1. The summed E-state index contributed by atoms with van der Waals surface area (Å²) in [5, 5.41) is 22.9. The highest BCUT2D eigenvalue weighted by Crippen LogP contribution is 2.30. The van der Waals surface area contributed by atoms with Crippen LogP contribution in [0.2, 0.25) is 0 Å². The van der Waals surface area contributed by atoms with E-state index in [0.717, 1.165) is 11.1 Å². The van der Waals surface area contributed by atoms with Crippen LogP contribution in [0.15, 0.2) is 72.3 Å². The maximum Gasteiger partial charge on any atom is 0.271 e. The molecule has 8 nitrogen and oxygen atoms in total. The van der Waals surface area contributed by atoms with Gasteiger partial charge in [0.2, 0.25) is 0 Å². The van der Waals surface area contributed by atoms with Crippen LogP contribution >= 0.6 is 0 Å². The molecule has 0 aliphatic rings. The number of aryl methyl sites for hydroxylation is 1. The Labute approximate surface area is 190 Å². The molecule has 0 fully saturated rings. The molecule has 3 aromatic rings. The van der Waals surface area contributed by atoms with Crippen LogP contribution in [-0.4, -0.2) is 17.9 Å². The first-order chi connectivity index (χ1) is 15.9. The predicted octanol–water partition coefficient (Wildman–Crippen LogP) is 5.04. The van der Waals surface area contributed by atoms with Gasteiger partial charge in [-0.2, -0.15) is 5.26 Å². The highest BCUT2D eigenvalue weighted by atomic mass is 16.6. The van der Waals surface area contributed by atoms with E-state index >= 15 is 0 Å². The fourth-order valence-corrected chi connectivity index (χ4v) is 2.95. The van der Waals surface area contributed by atoms with Gasteiger partial charge >= 0.3 is 0 Å². The summed E-state index contributed by atoms with van der Waals surface area (Å²) in [5.74, 6) is 0.290. The quantitative estimate of drug-likeness (QED) is 0.226. The van der Waals surface area contributed by atoms with Crippen molar-refractivity contribution in [3.8, 4) is 17.6 Å². The van der Waals surface area contributed by atoms with Gasteiger partial charge in [0.1, 0.15) is 18.2 Å². The van der Waals surface area contributed by atoms with Gasteiger partial charge in [-0.05, 0) is 42.3 Å². The highest BCUT2D eigenvalue weighted by Gasteiger charge is 2.13. The van der Waals surface area contributed by atoms with Gasteiger partial charge in [-0.15, -0.1) is 0 Å². The zero-order valence-corrected chi connectivity index (χ0v) is 18.1. The second-order valence-electron chi connectivity index (χ2n) is 7.12. The van der Waals surface area contributed by atoms with Crippen molar-refractivity contribution in [1.29, 1.82) is 5.26 Å². The molecule has 3 rings (SSSR count). The van der Waals surface area contributed by atoms with Gasteiger partial charge in [-0.1, -0.05) is 42.0 Å². The number of carbonyl (C=O) groups excluding carboxylic acids is 1. The third-order valence-corrected chi connectivity index (χ3v) is 4.69. The van der Waals surface area contributed by atoms with Crippen molar-refractivity contribution in [3.05, 3.63) is 99.1 Å². The topological polar surface area (TPSA) is 114 Å². The number of nitrogens with zero attached hydrogens (tertiary/aromatic N) is 2. The number of amides is 1. The third-order valence-electron chi connectivity index (χ3n) is 4.69. The van der Waals surface area contributed by atoms with Crippen molar-refractivity contribution in [1.82, 2.24) is 0 Å². The predicted molar refractivity (Wildman–Crippen MR) is 124 cm³/mol. The van der Waals surface area contributed by atoms with Gasteiger partial charge < -0.3 is 14.8 Å². The average molecular weight is 443 g/mol. The van der Waals surface area contributed by atoms with Gasteiger partial charge in [0.05, 0.1) is 12.0 Å². The van der Waals surface area contributed by atoms with E-state index in [2.05, 4.69) is 5.32 Å². The number of non-ortho nitro benzene ring substituents is 1. The van der Waals surface area contributed by atoms with Crippen molar-refractivity contribution in [2.24, 2.45) is 0 Å². The molecule has 0 aliphatic carbocycles. The van der Waals surface area contributed by atoms with E-state index in [9.17, 15) is 20.2 Å². The lowest BCUT2D eigenvalue weighted by atomic mass is 10.1. The molecule has 0 bridgehead atoms. The number of hydrogen-bond donors (Lipinski definition) is 1. The van der Waals surface area contributed by atoms with Crippen LogP contribution in [0.4, 0.5) is 11.4 Å². The Morgan fingerprint density at radius 1 is 1.12 bits per heavy atom. The highest BCUT2D eigenvalue weighted by molar-refractivity contribution is 6.09. The smallest absolute Gasteiger partial charge is 0.271 e. The first-order valence-corrected chi connectivity index (χ1v) is 9.93. The fourth-order valence-electron chi connectivity index (χ4n) is 2.95. The standard InChI is InChI=1S/C25H21N3O5/c1-17-6-8-18(9-7-17)16-33-23-11-10-19(13-24(23)32-2)12-20(15-26)25(29)27-21-4-3-5-22(14-21)28(30)31/h3-14H,16H2,1-2H3,(H,27,29)/b20-12-. The molecule has 0 aromatic heterocycles. The van der Waals surface area contributed by atoms with E-state index in [1.165, 1.54) is 37.5 Å². The van der Waals surface area contributed by atoms with Crippen LogP contribution < -0.4 is 14.8 Å². The molecular weight excluding hydrogens is 422 g/mol. The molecule has 8 heteroatoms. The largest absolute Gasteiger partial charge is 0.493 e. The molecule has 0 saturated heterocycles. The van der Waals surface area contributed by atoms with E-state index < -0.39 is 10.8 Å². The van der Waals surface area contributed by atoms with Crippen molar-refractivity contribution >= 4 is 23.4 Å². The first kappa shape index (κ1) is 23.0. The molecule has 0 atom stereocenters. The number of nitro benzene ring substituents is 1. The number of carbonyl (C=O) groups is 1. The molecule has 0 unspecified atom stereocenters. The molecule has 1 N–H and O–H groups in total. The SMILES string of the molecule is COc1cc(/C=C(/C#N)C(=O)Nc2cccc([N+](=O)[O-])c2)ccc1OCc1ccc(C)cc1. The normalized spacial score (nSPS) is 10.8. The van der Waals surface area contributed by atoms with Crippen molar-refractivity contribution in [2.45, 2.75) is 13.5 Å². The minimum atomic E-state index is -0.684. The van der Waals surface area contributed by atoms with E-state index in [1.54, 1.807) is 18.2 Å². The zero-order chi connectivity index (χ0) is 23.8. The Bertz CT molecular complexity index is 1240. The van der Waals surface area contributed by atoms with Gasteiger partial charge in [-0.3, -0.25) is 14.9 Å². The number of ether oxygens (including phenoxy) is 2. The Morgan fingerprint density at radius 3 is 2.55 bits per heavy atom. The molecule has 1 amide bonds. The lowest BCUT2D eigenvalue weighted by Crippen LogP contribution is -2.13. The summed E-state index contributed by atoms with van der Waals surface area (Å²) in [6.07, 6.45) is 1.40. The van der Waals surface area contributed by atoms with Crippen LogP contribution in [-0.2, 0) is 11.4 Å². The minimum absolute atomic E-state index is 0.166. The number of benzene rings is 3. The maximum atomic E-state index is 12.5. The van der Waals surface area contributed by atoms with Crippen LogP contribution in [0.3, 0.4) is 0 Å². The Morgan fingerprint density at radius 2 is 1.88 bits per heavy atom. The summed E-state index contributed by atoms with van der Waals surface area (Å²) < 4.78 is 11.3. The Balaban J connectivity index is 1.75. The lowest BCUT2D eigenvalue weighted by Gasteiger charge is -2.12. The Kier molecular flexibility index (Phi) is 7.39. The van der Waals surface area contributed by atoms with Crippen LogP contribution in [0, 0.1) is 28.4 Å². The molecule has 0 aliphatic heterocycles. The van der Waals surface area contributed by atoms with E-state index in [-0.39, 0.29) is 16.9 Å². The van der Waals surface area contributed by atoms with Crippen molar-refractivity contribution in [3.63, 3.8) is 0 Å². The average Bonchev–Trinajstić information content (AvgIpc) is 2.82. The van der Waals surface area contributed by atoms with E-state index in [1.807, 2.05) is 37.3 Å². The first-order valence-electron chi connectivity index (χ1n) is 9.93. The Hall–Kier alpha value is -4.64. The number of hydrogen-bond acceptors (Lipinski definition) is 6. The molecule has 0 spiro atoms. The lowest BCUT2D eigenvalue weighted by molar-refractivity contribution is -0.384. The number of nitrogens with one attached hydrogen (secondary N) is 1. The molecule has 166 valence electrons. The third kappa shape index (κ3) is 6.18. The van der Waals surface area contributed by atoms with Crippen LogP contribution in [0.25, 0.3) is 6.08 Å². The minimum Gasteiger partial charge on any atom is -0.493 e. The second kappa shape index (κ2) is 10.6. The summed E-state index contributed by atoms with van der Waals surface area (Å²) >= 11 is 0. The summed E-state index contributed by atoms with van der Waals surface area (Å²) in [7, 11) is 1.50. The molecule has 0 heterocycles. The van der Waals surface area contributed by atoms with Gasteiger partial charge in [0.25, 0.3) is 11.6 Å². The van der Waals surface area contributed by atoms with E-state index in [0.29, 0.717) is 23.7 Å². The number of nitriles is 1. The molecular formula is C25H21N3O5. The number of nitro groups is 1. The molecule has 0 radical (unpaired) electrons. The summed E-state index contributed by atoms with van der Waals surface area (Å²) in [5.41, 5.74) is 2.61. The number of rotatable bonds is 8. The summed E-state index contributed by atoms with van der Waals surface area (Å²) in [4.78, 5) is 22.8. The maximum absolute atomic E-state index is 12.5. The van der Waals surface area contributed by atoms with Crippen molar-refractivity contribution in [2.75, 3.05) is 12.4 Å². The number of anilines is 1. The zero-order valence-electron chi connectivity index (χ0n) is 18.1. The summed E-state index contributed by atoms with van der Waals surface area (Å²) in [6.45, 7) is 2.38. The summed E-state index contributed by atoms with van der Waals surface area (Å²) in [6, 6.07) is 20.4.